The fourth-order valence-corrected chi connectivity index (χ4v) is 5.05. The van der Waals surface area contributed by atoms with Crippen LogP contribution in [0.5, 0.6) is 5.75 Å². The van der Waals surface area contributed by atoms with Gasteiger partial charge in [0.1, 0.15) is 5.75 Å². The molecule has 0 amide bonds. The number of benzene rings is 1. The first kappa shape index (κ1) is 14.9. The number of ether oxygens (including phenoxy) is 1. The zero-order valence-corrected chi connectivity index (χ0v) is 14.4. The predicted octanol–water partition coefficient (Wildman–Crippen LogP) is 5.21. The molecule has 2 aromatic rings. The maximum absolute atomic E-state index is 5.21. The van der Waals surface area contributed by atoms with Crippen LogP contribution in [0.4, 0.5) is 0 Å². The first-order valence-corrected chi connectivity index (χ1v) is 9.18. The molecule has 0 radical (unpaired) electrons. The Balaban J connectivity index is 1.79. The van der Waals surface area contributed by atoms with E-state index < -0.39 is 0 Å². The van der Waals surface area contributed by atoms with Gasteiger partial charge in [-0.3, -0.25) is 0 Å². The highest BCUT2D eigenvalue weighted by molar-refractivity contribution is 8.00. The topological polar surface area (TPSA) is 22.1 Å². The van der Waals surface area contributed by atoms with E-state index in [1.54, 1.807) is 7.11 Å². The lowest BCUT2D eigenvalue weighted by atomic mass is 9.94. The summed E-state index contributed by atoms with van der Waals surface area (Å²) >= 11 is 3.90. The molecule has 0 saturated carbocycles. The molecule has 0 bridgehead atoms. The van der Waals surface area contributed by atoms with Crippen LogP contribution in [-0.4, -0.2) is 22.6 Å². The Morgan fingerprint density at radius 3 is 2.67 bits per heavy atom. The van der Waals surface area contributed by atoms with Gasteiger partial charge in [-0.25, -0.2) is 4.98 Å². The van der Waals surface area contributed by atoms with Crippen molar-refractivity contribution in [2.75, 3.05) is 12.9 Å². The molecule has 2 nitrogen and oxygen atoms in total. The molecule has 0 unspecified atom stereocenters. The van der Waals surface area contributed by atoms with E-state index >= 15 is 0 Å². The van der Waals surface area contributed by atoms with Crippen LogP contribution in [0.15, 0.2) is 29.6 Å². The lowest BCUT2D eigenvalue weighted by molar-refractivity contribution is 0.415. The molecule has 3 rings (SSSR count). The first-order chi connectivity index (χ1) is 10.1. The second-order valence-electron chi connectivity index (χ2n) is 6.10. The van der Waals surface area contributed by atoms with E-state index in [0.29, 0.717) is 10.7 Å². The molecule has 0 spiro atoms. The van der Waals surface area contributed by atoms with Crippen LogP contribution in [0.1, 0.15) is 37.6 Å². The van der Waals surface area contributed by atoms with Crippen molar-refractivity contribution in [2.45, 2.75) is 37.4 Å². The van der Waals surface area contributed by atoms with Crippen LogP contribution >= 0.6 is 23.1 Å². The molecule has 2 heterocycles. The predicted molar refractivity (Wildman–Crippen MR) is 92.6 cm³/mol. The number of hydrogen-bond acceptors (Lipinski definition) is 4. The largest absolute Gasteiger partial charge is 0.497 e. The monoisotopic (exact) mass is 319 g/mol. The van der Waals surface area contributed by atoms with Crippen molar-refractivity contribution in [1.29, 1.82) is 0 Å². The van der Waals surface area contributed by atoms with Crippen molar-refractivity contribution < 1.29 is 4.74 Å². The van der Waals surface area contributed by atoms with Gasteiger partial charge in [-0.2, -0.15) is 11.8 Å². The SMILES string of the molecule is COc1ccc(-c2csc([C@@H]3CCSC(C)(C)C3)n2)cc1. The summed E-state index contributed by atoms with van der Waals surface area (Å²) in [7, 11) is 1.69. The molecule has 112 valence electrons. The standard InChI is InChI=1S/C17H21NOS2/c1-17(2)10-13(8-9-21-17)16-18-15(11-20-16)12-4-6-14(19-3)7-5-12/h4-7,11,13H,8-10H2,1-3H3/t13-/m1/s1. The van der Waals surface area contributed by atoms with Crippen molar-refractivity contribution in [3.05, 3.63) is 34.7 Å². The summed E-state index contributed by atoms with van der Waals surface area (Å²) in [5, 5.41) is 3.49. The first-order valence-electron chi connectivity index (χ1n) is 7.31. The van der Waals surface area contributed by atoms with Crippen molar-refractivity contribution in [3.8, 4) is 17.0 Å². The van der Waals surface area contributed by atoms with E-state index in [-0.39, 0.29) is 0 Å². The average molecular weight is 319 g/mol. The highest BCUT2D eigenvalue weighted by Crippen LogP contribution is 2.44. The van der Waals surface area contributed by atoms with Crippen molar-refractivity contribution in [1.82, 2.24) is 4.98 Å². The molecule has 1 atom stereocenters. The number of aromatic nitrogens is 1. The van der Waals surface area contributed by atoms with Crippen LogP contribution < -0.4 is 4.74 Å². The second kappa shape index (κ2) is 6.01. The van der Waals surface area contributed by atoms with E-state index in [1.807, 2.05) is 23.5 Å². The van der Waals surface area contributed by atoms with Gasteiger partial charge in [0, 0.05) is 21.6 Å². The van der Waals surface area contributed by atoms with Crippen LogP contribution in [0.3, 0.4) is 0 Å². The Morgan fingerprint density at radius 1 is 1.24 bits per heavy atom. The number of thiazole rings is 1. The Hall–Kier alpha value is -1.00. The van der Waals surface area contributed by atoms with E-state index in [4.69, 9.17) is 9.72 Å². The van der Waals surface area contributed by atoms with Gasteiger partial charge in [-0.05, 0) is 42.9 Å². The Bertz CT molecular complexity index is 604. The van der Waals surface area contributed by atoms with Crippen molar-refractivity contribution in [3.63, 3.8) is 0 Å². The summed E-state index contributed by atoms with van der Waals surface area (Å²) in [5.74, 6) is 2.76. The lowest BCUT2D eigenvalue weighted by Crippen LogP contribution is -2.24. The summed E-state index contributed by atoms with van der Waals surface area (Å²) in [5.41, 5.74) is 2.26. The number of methoxy groups -OCH3 is 1. The molecule has 1 aliphatic rings. The summed E-state index contributed by atoms with van der Waals surface area (Å²) in [6, 6.07) is 8.15. The number of hydrogen-bond donors (Lipinski definition) is 0. The van der Waals surface area contributed by atoms with Gasteiger partial charge in [0.25, 0.3) is 0 Å². The van der Waals surface area contributed by atoms with Crippen LogP contribution in [0, 0.1) is 0 Å². The highest BCUT2D eigenvalue weighted by Gasteiger charge is 2.31. The molecular weight excluding hydrogens is 298 g/mol. The molecule has 1 aliphatic heterocycles. The fraction of sp³-hybridized carbons (Fsp3) is 0.471. The molecule has 1 aromatic carbocycles. The minimum atomic E-state index is 0.384. The molecular formula is C17H21NOS2. The van der Waals surface area contributed by atoms with E-state index in [9.17, 15) is 0 Å². The highest BCUT2D eigenvalue weighted by atomic mass is 32.2. The number of rotatable bonds is 3. The maximum atomic E-state index is 5.21. The molecule has 0 aliphatic carbocycles. The minimum Gasteiger partial charge on any atom is -0.497 e. The zero-order valence-electron chi connectivity index (χ0n) is 12.8. The molecule has 1 saturated heterocycles. The van der Waals surface area contributed by atoms with Crippen LogP contribution in [0.2, 0.25) is 0 Å². The quantitative estimate of drug-likeness (QED) is 0.775. The summed E-state index contributed by atoms with van der Waals surface area (Å²) in [6.45, 7) is 4.70. The Morgan fingerprint density at radius 2 is 2.00 bits per heavy atom. The maximum Gasteiger partial charge on any atom is 0.118 e. The van der Waals surface area contributed by atoms with Gasteiger partial charge in [0.05, 0.1) is 17.8 Å². The molecule has 21 heavy (non-hydrogen) atoms. The summed E-state index contributed by atoms with van der Waals surface area (Å²) in [6.07, 6.45) is 2.48. The van der Waals surface area contributed by atoms with E-state index in [2.05, 4.69) is 43.1 Å². The Labute approximate surface area is 134 Å². The average Bonchev–Trinajstić information content (AvgIpc) is 2.96. The Kier molecular flexibility index (Phi) is 4.27. The molecule has 4 heteroatoms. The minimum absolute atomic E-state index is 0.384. The van der Waals surface area contributed by atoms with Gasteiger partial charge in [-0.1, -0.05) is 13.8 Å². The normalized spacial score (nSPS) is 21.2. The zero-order chi connectivity index (χ0) is 14.9. The molecule has 0 N–H and O–H groups in total. The van der Waals surface area contributed by atoms with Gasteiger partial charge in [0.15, 0.2) is 0 Å². The second-order valence-corrected chi connectivity index (χ2v) is 8.79. The van der Waals surface area contributed by atoms with E-state index in [1.165, 1.54) is 29.2 Å². The van der Waals surface area contributed by atoms with Gasteiger partial charge in [0.2, 0.25) is 0 Å². The molecule has 1 fully saturated rings. The van der Waals surface area contributed by atoms with Crippen LogP contribution in [-0.2, 0) is 0 Å². The van der Waals surface area contributed by atoms with Gasteiger partial charge in [-0.15, -0.1) is 11.3 Å². The van der Waals surface area contributed by atoms with E-state index in [0.717, 1.165) is 11.4 Å². The third kappa shape index (κ3) is 3.43. The fourth-order valence-electron chi connectivity index (χ4n) is 2.81. The van der Waals surface area contributed by atoms with Crippen molar-refractivity contribution >= 4 is 23.1 Å². The van der Waals surface area contributed by atoms with Gasteiger partial charge < -0.3 is 4.74 Å². The van der Waals surface area contributed by atoms with Crippen LogP contribution in [0.25, 0.3) is 11.3 Å². The summed E-state index contributed by atoms with van der Waals surface area (Å²) in [4.78, 5) is 4.89. The molecule has 1 aromatic heterocycles. The van der Waals surface area contributed by atoms with Crippen molar-refractivity contribution in [2.24, 2.45) is 0 Å². The number of thioether (sulfide) groups is 1. The van der Waals surface area contributed by atoms with Gasteiger partial charge >= 0.3 is 0 Å². The third-order valence-electron chi connectivity index (χ3n) is 3.95. The summed E-state index contributed by atoms with van der Waals surface area (Å²) < 4.78 is 5.59. The number of nitrogens with zero attached hydrogens (tertiary/aromatic N) is 1. The smallest absolute Gasteiger partial charge is 0.118 e. The lowest BCUT2D eigenvalue weighted by Gasteiger charge is -2.33. The third-order valence-corrected chi connectivity index (χ3v) is 6.35.